The summed E-state index contributed by atoms with van der Waals surface area (Å²) in [5.74, 6) is 0.829. The van der Waals surface area contributed by atoms with Crippen LogP contribution >= 0.6 is 0 Å². The predicted molar refractivity (Wildman–Crippen MR) is 77.6 cm³/mol. The summed E-state index contributed by atoms with van der Waals surface area (Å²) in [6, 6.07) is 0.929. The van der Waals surface area contributed by atoms with Crippen LogP contribution in [0.25, 0.3) is 0 Å². The van der Waals surface area contributed by atoms with Crippen molar-refractivity contribution < 1.29 is 0 Å². The van der Waals surface area contributed by atoms with Gasteiger partial charge in [-0.1, -0.05) is 26.7 Å². The molecule has 106 valence electrons. The summed E-state index contributed by atoms with van der Waals surface area (Å²) in [4.78, 5) is 2.46. The first-order valence-electron chi connectivity index (χ1n) is 7.66. The summed E-state index contributed by atoms with van der Waals surface area (Å²) in [6.07, 6.45) is 6.47. The number of rotatable bonds is 4. The van der Waals surface area contributed by atoms with E-state index in [9.17, 15) is 0 Å². The van der Waals surface area contributed by atoms with Crippen molar-refractivity contribution in [1.29, 1.82) is 0 Å². The highest BCUT2D eigenvalue weighted by atomic mass is 15.1. The third-order valence-electron chi connectivity index (χ3n) is 5.14. The normalized spacial score (nSPS) is 35.0. The quantitative estimate of drug-likeness (QED) is 0.803. The highest BCUT2D eigenvalue weighted by molar-refractivity contribution is 4.90. The van der Waals surface area contributed by atoms with Gasteiger partial charge >= 0.3 is 0 Å². The molecule has 1 saturated heterocycles. The van der Waals surface area contributed by atoms with Gasteiger partial charge < -0.3 is 16.0 Å². The van der Waals surface area contributed by atoms with Gasteiger partial charge in [-0.05, 0) is 44.2 Å². The Kier molecular flexibility index (Phi) is 4.68. The van der Waals surface area contributed by atoms with E-state index >= 15 is 0 Å². The van der Waals surface area contributed by atoms with E-state index in [0.29, 0.717) is 17.5 Å². The average molecular weight is 253 g/mol. The molecular weight excluding hydrogens is 222 g/mol. The van der Waals surface area contributed by atoms with Crippen molar-refractivity contribution in [3.63, 3.8) is 0 Å². The fraction of sp³-hybridized carbons (Fsp3) is 1.00. The van der Waals surface area contributed by atoms with Gasteiger partial charge in [-0.2, -0.15) is 0 Å². The van der Waals surface area contributed by atoms with Crippen molar-refractivity contribution >= 4 is 0 Å². The first kappa shape index (κ1) is 14.3. The standard InChI is InChI=1S/C15H31N3/c1-15(2,12-8-9-18(3)10-12)11-17-14-7-5-4-6-13(14)16/h12-14,17H,4-11,16H2,1-3H3. The molecule has 1 saturated carbocycles. The molecule has 3 atom stereocenters. The zero-order chi connectivity index (χ0) is 13.2. The molecule has 2 fully saturated rings. The van der Waals surface area contributed by atoms with E-state index in [4.69, 9.17) is 5.73 Å². The molecule has 0 aromatic carbocycles. The van der Waals surface area contributed by atoms with E-state index in [0.717, 1.165) is 12.5 Å². The number of nitrogens with two attached hydrogens (primary N) is 1. The van der Waals surface area contributed by atoms with Crippen molar-refractivity contribution in [1.82, 2.24) is 10.2 Å². The molecule has 0 aromatic heterocycles. The number of nitrogens with zero attached hydrogens (tertiary/aromatic N) is 1. The van der Waals surface area contributed by atoms with Crippen LogP contribution in [-0.2, 0) is 0 Å². The van der Waals surface area contributed by atoms with Crippen LogP contribution in [0, 0.1) is 11.3 Å². The maximum Gasteiger partial charge on any atom is 0.0219 e. The molecule has 3 nitrogen and oxygen atoms in total. The molecule has 18 heavy (non-hydrogen) atoms. The lowest BCUT2D eigenvalue weighted by atomic mass is 9.77. The molecule has 3 unspecified atom stereocenters. The second-order valence-corrected chi connectivity index (χ2v) is 7.17. The summed E-state index contributed by atoms with van der Waals surface area (Å²) in [5, 5.41) is 3.76. The zero-order valence-electron chi connectivity index (χ0n) is 12.4. The topological polar surface area (TPSA) is 41.3 Å². The fourth-order valence-electron chi connectivity index (χ4n) is 3.52. The second kappa shape index (κ2) is 5.89. The van der Waals surface area contributed by atoms with Gasteiger partial charge in [0, 0.05) is 25.2 Å². The van der Waals surface area contributed by atoms with Crippen LogP contribution in [0.4, 0.5) is 0 Å². The second-order valence-electron chi connectivity index (χ2n) is 7.17. The van der Waals surface area contributed by atoms with Crippen LogP contribution in [0.3, 0.4) is 0 Å². The molecule has 3 heteroatoms. The monoisotopic (exact) mass is 253 g/mol. The Morgan fingerprint density at radius 2 is 1.94 bits per heavy atom. The average Bonchev–Trinajstić information content (AvgIpc) is 2.76. The Hall–Kier alpha value is -0.120. The summed E-state index contributed by atoms with van der Waals surface area (Å²) < 4.78 is 0. The molecule has 1 aliphatic carbocycles. The Morgan fingerprint density at radius 3 is 2.56 bits per heavy atom. The van der Waals surface area contributed by atoms with Gasteiger partial charge in [-0.3, -0.25) is 0 Å². The third-order valence-corrected chi connectivity index (χ3v) is 5.14. The molecule has 2 rings (SSSR count). The molecule has 0 amide bonds. The van der Waals surface area contributed by atoms with Crippen LogP contribution in [-0.4, -0.2) is 43.7 Å². The maximum atomic E-state index is 6.21. The van der Waals surface area contributed by atoms with Crippen molar-refractivity contribution in [2.24, 2.45) is 17.1 Å². The number of hydrogen-bond donors (Lipinski definition) is 2. The lowest BCUT2D eigenvalue weighted by molar-refractivity contribution is 0.187. The Balaban J connectivity index is 1.80. The minimum Gasteiger partial charge on any atom is -0.326 e. The Morgan fingerprint density at radius 1 is 1.22 bits per heavy atom. The van der Waals surface area contributed by atoms with Gasteiger partial charge in [0.05, 0.1) is 0 Å². The van der Waals surface area contributed by atoms with Gasteiger partial charge in [0.15, 0.2) is 0 Å². The van der Waals surface area contributed by atoms with Crippen LogP contribution in [0.2, 0.25) is 0 Å². The van der Waals surface area contributed by atoms with E-state index in [1.807, 2.05) is 0 Å². The summed E-state index contributed by atoms with van der Waals surface area (Å²) >= 11 is 0. The smallest absolute Gasteiger partial charge is 0.0219 e. The van der Waals surface area contributed by atoms with E-state index in [1.165, 1.54) is 45.2 Å². The van der Waals surface area contributed by atoms with Crippen LogP contribution in [0.1, 0.15) is 46.0 Å². The Bertz CT molecular complexity index is 264. The number of likely N-dealkylation sites (tertiary alicyclic amines) is 1. The van der Waals surface area contributed by atoms with Gasteiger partial charge in [0.25, 0.3) is 0 Å². The van der Waals surface area contributed by atoms with Gasteiger partial charge in [-0.15, -0.1) is 0 Å². The molecule has 0 spiro atoms. The fourth-order valence-corrected chi connectivity index (χ4v) is 3.52. The van der Waals surface area contributed by atoms with E-state index in [1.54, 1.807) is 0 Å². The molecule has 2 aliphatic rings. The van der Waals surface area contributed by atoms with Gasteiger partial charge in [0.2, 0.25) is 0 Å². The van der Waals surface area contributed by atoms with E-state index < -0.39 is 0 Å². The molecule has 1 heterocycles. The van der Waals surface area contributed by atoms with E-state index in [-0.39, 0.29) is 0 Å². The van der Waals surface area contributed by atoms with Crippen LogP contribution in [0.15, 0.2) is 0 Å². The van der Waals surface area contributed by atoms with Gasteiger partial charge in [-0.25, -0.2) is 0 Å². The SMILES string of the molecule is CN1CCC(C(C)(C)CNC2CCCCC2N)C1. The molecule has 1 aliphatic heterocycles. The third kappa shape index (κ3) is 3.46. The summed E-state index contributed by atoms with van der Waals surface area (Å²) in [6.45, 7) is 8.46. The minimum atomic E-state index is 0.376. The van der Waals surface area contributed by atoms with Crippen LogP contribution in [0.5, 0.6) is 0 Å². The largest absolute Gasteiger partial charge is 0.326 e. The maximum absolute atomic E-state index is 6.21. The summed E-state index contributed by atoms with van der Waals surface area (Å²) in [5.41, 5.74) is 6.60. The Labute approximate surface area is 112 Å². The van der Waals surface area contributed by atoms with Crippen molar-refractivity contribution in [2.45, 2.75) is 58.0 Å². The first-order valence-corrected chi connectivity index (χ1v) is 7.66. The first-order chi connectivity index (χ1) is 8.49. The van der Waals surface area contributed by atoms with Gasteiger partial charge in [0.1, 0.15) is 0 Å². The molecule has 3 N–H and O–H groups in total. The van der Waals surface area contributed by atoms with Crippen molar-refractivity contribution in [3.05, 3.63) is 0 Å². The molecule has 0 radical (unpaired) electrons. The summed E-state index contributed by atoms with van der Waals surface area (Å²) in [7, 11) is 2.24. The number of hydrogen-bond acceptors (Lipinski definition) is 3. The predicted octanol–water partition coefficient (Wildman–Crippen LogP) is 1.82. The van der Waals surface area contributed by atoms with Crippen LogP contribution < -0.4 is 11.1 Å². The molecule has 0 aromatic rings. The highest BCUT2D eigenvalue weighted by Crippen LogP contribution is 2.33. The van der Waals surface area contributed by atoms with E-state index in [2.05, 4.69) is 31.1 Å². The highest BCUT2D eigenvalue weighted by Gasteiger charge is 2.34. The number of nitrogens with one attached hydrogen (secondary N) is 1. The lowest BCUT2D eigenvalue weighted by Crippen LogP contribution is -2.50. The minimum absolute atomic E-state index is 0.376. The van der Waals surface area contributed by atoms with Crippen molar-refractivity contribution in [2.75, 3.05) is 26.7 Å². The molecular formula is C15H31N3. The van der Waals surface area contributed by atoms with Crippen molar-refractivity contribution in [3.8, 4) is 0 Å². The lowest BCUT2D eigenvalue weighted by Gasteiger charge is -2.36. The zero-order valence-corrected chi connectivity index (χ0v) is 12.4. The molecule has 0 bridgehead atoms.